The third-order valence-electron chi connectivity index (χ3n) is 5.14. The van der Waals surface area contributed by atoms with Gasteiger partial charge in [-0.15, -0.1) is 11.3 Å². The number of nitrogens with one attached hydrogen (secondary N) is 2. The fourth-order valence-corrected chi connectivity index (χ4v) is 4.23. The number of thiazole rings is 1. The van der Waals surface area contributed by atoms with Gasteiger partial charge in [-0.2, -0.15) is 0 Å². The Labute approximate surface area is 222 Å². The molecule has 0 saturated heterocycles. The number of nitrogens with zero attached hydrogens (tertiary/aromatic N) is 3. The van der Waals surface area contributed by atoms with E-state index in [2.05, 4.69) is 20.6 Å². The Hall–Kier alpha value is -4.38. The van der Waals surface area contributed by atoms with Crippen molar-refractivity contribution in [2.75, 3.05) is 10.6 Å². The first-order chi connectivity index (χ1) is 18.0. The van der Waals surface area contributed by atoms with Crippen molar-refractivity contribution >= 4 is 40.5 Å². The highest BCUT2D eigenvalue weighted by molar-refractivity contribution is 7.12. The molecule has 4 aromatic rings. The lowest BCUT2D eigenvalue weighted by atomic mass is 10.0. The van der Waals surface area contributed by atoms with Gasteiger partial charge < -0.3 is 10.1 Å². The number of rotatable bonds is 7. The summed E-state index contributed by atoms with van der Waals surface area (Å²) >= 11 is 1.26. The predicted octanol–water partition coefficient (Wildman–Crippen LogP) is 6.00. The molecule has 2 N–H and O–H groups in total. The first kappa shape index (κ1) is 26.7. The number of amides is 2. The Bertz CT molecular complexity index is 1490. The summed E-state index contributed by atoms with van der Waals surface area (Å²) in [4.78, 5) is 46.5. The van der Waals surface area contributed by atoms with Gasteiger partial charge in [0.1, 0.15) is 23.4 Å². The van der Waals surface area contributed by atoms with Crippen LogP contribution in [-0.4, -0.2) is 37.9 Å². The van der Waals surface area contributed by atoms with Crippen molar-refractivity contribution in [1.82, 2.24) is 14.5 Å². The quantitative estimate of drug-likeness (QED) is 0.221. The highest BCUT2D eigenvalue weighted by Gasteiger charge is 2.20. The molecule has 0 radical (unpaired) electrons. The first-order valence-electron chi connectivity index (χ1n) is 11.7. The largest absolute Gasteiger partial charge is 0.444 e. The minimum Gasteiger partial charge on any atom is -0.444 e. The number of Topliss-reactive ketones (excluding diaryl/α,β-unsaturated/α-hetero) is 1. The van der Waals surface area contributed by atoms with Gasteiger partial charge in [-0.25, -0.2) is 19.2 Å². The zero-order chi connectivity index (χ0) is 27.4. The van der Waals surface area contributed by atoms with Crippen LogP contribution in [0.2, 0.25) is 0 Å². The number of hydrogen-bond acceptors (Lipinski definition) is 7. The molecule has 0 spiro atoms. The van der Waals surface area contributed by atoms with Crippen LogP contribution in [0.1, 0.15) is 43.4 Å². The molecule has 38 heavy (non-hydrogen) atoms. The van der Waals surface area contributed by atoms with Crippen LogP contribution in [0, 0.1) is 12.7 Å². The second-order valence-electron chi connectivity index (χ2n) is 9.48. The summed E-state index contributed by atoms with van der Waals surface area (Å²) < 4.78 is 20.4. The fourth-order valence-electron chi connectivity index (χ4n) is 3.46. The monoisotopic (exact) mass is 535 g/mol. The third-order valence-corrected chi connectivity index (χ3v) is 5.99. The van der Waals surface area contributed by atoms with Gasteiger partial charge in [0.15, 0.2) is 10.9 Å². The van der Waals surface area contributed by atoms with Gasteiger partial charge in [-0.3, -0.25) is 19.5 Å². The fraction of sp³-hybridized carbons (Fsp3) is 0.222. The lowest BCUT2D eigenvalue weighted by Gasteiger charge is -2.21. The van der Waals surface area contributed by atoms with Gasteiger partial charge in [-0.1, -0.05) is 18.2 Å². The van der Waals surface area contributed by atoms with Gasteiger partial charge in [0.2, 0.25) is 5.91 Å². The number of imidazole rings is 1. The van der Waals surface area contributed by atoms with Crippen molar-refractivity contribution < 1.29 is 23.5 Å². The lowest BCUT2D eigenvalue weighted by Crippen LogP contribution is -2.27. The molecule has 0 atom stereocenters. The van der Waals surface area contributed by atoms with Gasteiger partial charge in [0.05, 0.1) is 23.5 Å². The number of aryl methyl sites for hydroxylation is 1. The van der Waals surface area contributed by atoms with E-state index in [4.69, 9.17) is 4.74 Å². The average Bonchev–Trinajstić information content (AvgIpc) is 3.49. The van der Waals surface area contributed by atoms with Crippen molar-refractivity contribution in [1.29, 1.82) is 0 Å². The number of carbonyl (C=O) groups is 3. The van der Waals surface area contributed by atoms with Gasteiger partial charge >= 0.3 is 6.09 Å². The summed E-state index contributed by atoms with van der Waals surface area (Å²) in [7, 11) is 0. The molecule has 2 aromatic heterocycles. The molecule has 0 saturated carbocycles. The molecule has 2 heterocycles. The minimum atomic E-state index is -0.726. The number of ketones is 1. The number of carbonyl (C=O) groups excluding carboxylic acids is 3. The van der Waals surface area contributed by atoms with Crippen LogP contribution in [0.15, 0.2) is 60.4 Å². The summed E-state index contributed by atoms with van der Waals surface area (Å²) in [5.74, 6) is -1.43. The van der Waals surface area contributed by atoms with Crippen molar-refractivity contribution in [3.8, 4) is 16.3 Å². The molecule has 0 bridgehead atoms. The van der Waals surface area contributed by atoms with Gasteiger partial charge in [-0.05, 0) is 63.1 Å². The summed E-state index contributed by atoms with van der Waals surface area (Å²) in [5.41, 5.74) is 2.15. The Kier molecular flexibility index (Phi) is 7.67. The maximum Gasteiger partial charge on any atom is 0.412 e. The van der Waals surface area contributed by atoms with Crippen LogP contribution in [0.5, 0.6) is 0 Å². The molecular weight excluding hydrogens is 509 g/mol. The third kappa shape index (κ3) is 6.88. The van der Waals surface area contributed by atoms with Crippen LogP contribution in [0.3, 0.4) is 0 Å². The lowest BCUT2D eigenvalue weighted by molar-refractivity contribution is -0.115. The number of anilines is 2. The van der Waals surface area contributed by atoms with E-state index in [-0.39, 0.29) is 22.9 Å². The van der Waals surface area contributed by atoms with Gasteiger partial charge in [0.25, 0.3) is 0 Å². The van der Waals surface area contributed by atoms with E-state index in [9.17, 15) is 18.8 Å². The van der Waals surface area contributed by atoms with Crippen LogP contribution >= 0.6 is 11.3 Å². The zero-order valence-corrected chi connectivity index (χ0v) is 22.1. The molecule has 11 heteroatoms. The number of benzene rings is 2. The topological polar surface area (TPSA) is 115 Å². The van der Waals surface area contributed by atoms with Crippen molar-refractivity contribution in [3.05, 3.63) is 77.6 Å². The second kappa shape index (κ2) is 10.9. The first-order valence-corrected chi connectivity index (χ1v) is 12.5. The number of ether oxygens (including phenoxy) is 1. The maximum atomic E-state index is 13.4. The Morgan fingerprint density at radius 1 is 1.03 bits per heavy atom. The van der Waals surface area contributed by atoms with Crippen LogP contribution < -0.4 is 10.6 Å². The van der Waals surface area contributed by atoms with Crippen LogP contribution in [0.4, 0.5) is 20.6 Å². The van der Waals surface area contributed by atoms with Crippen molar-refractivity contribution in [3.63, 3.8) is 0 Å². The molecule has 4 rings (SSSR count). The Morgan fingerprint density at radius 3 is 2.39 bits per heavy atom. The molecule has 0 fully saturated rings. The number of aromatic nitrogens is 3. The Morgan fingerprint density at radius 2 is 1.74 bits per heavy atom. The van der Waals surface area contributed by atoms with Gasteiger partial charge in [0, 0.05) is 11.6 Å². The normalized spacial score (nSPS) is 11.2. The molecule has 2 aromatic carbocycles. The maximum absolute atomic E-state index is 13.4. The van der Waals surface area contributed by atoms with Crippen LogP contribution in [0.25, 0.3) is 16.3 Å². The summed E-state index contributed by atoms with van der Waals surface area (Å²) in [6, 6.07) is 10.8. The van der Waals surface area contributed by atoms with Crippen molar-refractivity contribution in [2.45, 2.75) is 39.7 Å². The molecule has 2 amide bonds. The summed E-state index contributed by atoms with van der Waals surface area (Å²) in [6.07, 6.45) is 2.22. The van der Waals surface area contributed by atoms with E-state index in [1.807, 2.05) is 6.92 Å². The highest BCUT2D eigenvalue weighted by Crippen LogP contribution is 2.30. The SMILES string of the molecule is Cc1cn(-c2nc(C(=O)CC(=O)Nc3cc(-c4ccc(F)cc4)ccc3NC(=O)OC(C)(C)C)cs2)cn1. The molecular formula is C27H26FN5O4S. The summed E-state index contributed by atoms with van der Waals surface area (Å²) in [6.45, 7) is 7.04. The van der Waals surface area contributed by atoms with Crippen LogP contribution in [-0.2, 0) is 9.53 Å². The molecule has 0 aliphatic rings. The molecule has 0 aliphatic heterocycles. The predicted molar refractivity (Wildman–Crippen MR) is 143 cm³/mol. The highest BCUT2D eigenvalue weighted by atomic mass is 32.1. The molecule has 0 unspecified atom stereocenters. The standard InChI is InChI=1S/C27H26FN5O4S/c1-16-13-33(15-29-16)25-31-22(14-38-25)23(34)12-24(35)30-21-11-18(17-5-8-19(28)9-6-17)7-10-20(21)32-26(36)37-27(2,3)4/h5-11,13-15H,12H2,1-4H3,(H,30,35)(H,32,36). The number of halogens is 1. The minimum absolute atomic E-state index is 0.165. The van der Waals surface area contributed by atoms with E-state index >= 15 is 0 Å². The molecule has 0 aliphatic carbocycles. The van der Waals surface area contributed by atoms with E-state index in [1.54, 1.807) is 73.6 Å². The number of hydrogen-bond donors (Lipinski definition) is 2. The van der Waals surface area contributed by atoms with E-state index in [0.717, 1.165) is 5.69 Å². The Balaban J connectivity index is 1.53. The van der Waals surface area contributed by atoms with E-state index in [1.165, 1.54) is 23.5 Å². The smallest absolute Gasteiger partial charge is 0.412 e. The second-order valence-corrected chi connectivity index (χ2v) is 10.3. The molecule has 196 valence electrons. The zero-order valence-electron chi connectivity index (χ0n) is 21.2. The van der Waals surface area contributed by atoms with E-state index in [0.29, 0.717) is 16.3 Å². The van der Waals surface area contributed by atoms with Crippen molar-refractivity contribution in [2.24, 2.45) is 0 Å². The van der Waals surface area contributed by atoms with E-state index < -0.39 is 29.8 Å². The molecule has 9 nitrogen and oxygen atoms in total. The summed E-state index contributed by atoms with van der Waals surface area (Å²) in [5, 5.41) is 7.48. The average molecular weight is 536 g/mol.